The van der Waals surface area contributed by atoms with E-state index in [-0.39, 0.29) is 35.8 Å². The molecule has 0 aromatic rings. The summed E-state index contributed by atoms with van der Waals surface area (Å²) < 4.78 is 0. The zero-order valence-corrected chi connectivity index (χ0v) is 18.1. The number of guanidine groups is 1. The van der Waals surface area contributed by atoms with E-state index in [2.05, 4.69) is 32.8 Å². The Labute approximate surface area is 164 Å². The molecule has 0 aromatic heterocycles. The van der Waals surface area contributed by atoms with Crippen molar-refractivity contribution in [1.82, 2.24) is 20.9 Å². The van der Waals surface area contributed by atoms with Gasteiger partial charge in [-0.1, -0.05) is 20.3 Å². The summed E-state index contributed by atoms with van der Waals surface area (Å²) in [7, 11) is 1.77. The van der Waals surface area contributed by atoms with Gasteiger partial charge in [-0.2, -0.15) is 0 Å². The number of nitrogens with one attached hydrogen (secondary N) is 3. The third-order valence-corrected chi connectivity index (χ3v) is 4.32. The summed E-state index contributed by atoms with van der Waals surface area (Å²) in [6, 6.07) is 0.728. The second kappa shape index (κ2) is 13.7. The van der Waals surface area contributed by atoms with Gasteiger partial charge in [-0.3, -0.25) is 9.79 Å². The van der Waals surface area contributed by atoms with Crippen LogP contribution in [0.15, 0.2) is 4.99 Å². The molecular weight excluding hydrogens is 417 g/mol. The van der Waals surface area contributed by atoms with E-state index in [4.69, 9.17) is 0 Å². The maximum atomic E-state index is 11.5. The Kier molecular flexibility index (Phi) is 13.4. The lowest BCUT2D eigenvalue weighted by Crippen LogP contribution is -2.43. The number of halogens is 1. The van der Waals surface area contributed by atoms with Crippen molar-refractivity contribution in [3.05, 3.63) is 0 Å². The lowest BCUT2D eigenvalue weighted by Gasteiger charge is -2.33. The molecular formula is C17H36IN5O. The highest BCUT2D eigenvalue weighted by Crippen LogP contribution is 2.15. The van der Waals surface area contributed by atoms with Gasteiger partial charge in [-0.15, -0.1) is 24.0 Å². The second-order valence-electron chi connectivity index (χ2n) is 6.61. The van der Waals surface area contributed by atoms with Gasteiger partial charge >= 0.3 is 0 Å². The number of aliphatic imine (C=N–C) groups is 1. The summed E-state index contributed by atoms with van der Waals surface area (Å²) >= 11 is 0. The van der Waals surface area contributed by atoms with Gasteiger partial charge in [0.15, 0.2) is 5.96 Å². The molecule has 1 fully saturated rings. The molecule has 24 heavy (non-hydrogen) atoms. The highest BCUT2D eigenvalue weighted by Gasteiger charge is 2.17. The fourth-order valence-electron chi connectivity index (χ4n) is 2.77. The quantitative estimate of drug-likeness (QED) is 0.227. The van der Waals surface area contributed by atoms with Gasteiger partial charge in [0.05, 0.1) is 0 Å². The summed E-state index contributed by atoms with van der Waals surface area (Å²) in [6.45, 7) is 10.7. The van der Waals surface area contributed by atoms with Gasteiger partial charge < -0.3 is 20.9 Å². The SMILES string of the molecule is CN=C(NCCCN1CCCCC1C)NCCNC(=O)C(C)C.I. The van der Waals surface area contributed by atoms with E-state index in [0.29, 0.717) is 13.1 Å². The topological polar surface area (TPSA) is 68.8 Å². The van der Waals surface area contributed by atoms with Crippen LogP contribution in [-0.2, 0) is 4.79 Å². The van der Waals surface area contributed by atoms with Crippen molar-refractivity contribution >= 4 is 35.8 Å². The Balaban J connectivity index is 0.00000529. The van der Waals surface area contributed by atoms with Crippen LogP contribution in [0.2, 0.25) is 0 Å². The van der Waals surface area contributed by atoms with Gasteiger partial charge in [-0.05, 0) is 32.7 Å². The lowest BCUT2D eigenvalue weighted by atomic mass is 10.0. The van der Waals surface area contributed by atoms with Crippen molar-refractivity contribution in [2.45, 2.75) is 52.5 Å². The van der Waals surface area contributed by atoms with Crippen LogP contribution in [0.5, 0.6) is 0 Å². The molecule has 0 aromatic carbocycles. The Hall–Kier alpha value is -0.570. The fraction of sp³-hybridized carbons (Fsp3) is 0.882. The summed E-state index contributed by atoms with van der Waals surface area (Å²) in [5, 5.41) is 9.44. The van der Waals surface area contributed by atoms with Crippen molar-refractivity contribution in [3.8, 4) is 0 Å². The molecule has 3 N–H and O–H groups in total. The maximum absolute atomic E-state index is 11.5. The first kappa shape index (κ1) is 23.4. The van der Waals surface area contributed by atoms with Crippen LogP contribution in [0.3, 0.4) is 0 Å². The van der Waals surface area contributed by atoms with E-state index in [1.165, 1.54) is 25.8 Å². The predicted octanol–water partition coefficient (Wildman–Crippen LogP) is 1.81. The number of hydrogen-bond acceptors (Lipinski definition) is 3. The molecule has 1 saturated heterocycles. The molecule has 0 saturated carbocycles. The molecule has 7 heteroatoms. The molecule has 1 rings (SSSR count). The summed E-state index contributed by atoms with van der Waals surface area (Å²) in [5.74, 6) is 0.922. The van der Waals surface area contributed by atoms with Crippen molar-refractivity contribution < 1.29 is 4.79 Å². The summed E-state index contributed by atoms with van der Waals surface area (Å²) in [6.07, 6.45) is 5.16. The molecule has 6 nitrogen and oxygen atoms in total. The highest BCUT2D eigenvalue weighted by atomic mass is 127. The molecule has 0 spiro atoms. The van der Waals surface area contributed by atoms with Crippen LogP contribution < -0.4 is 16.0 Å². The number of nitrogens with zero attached hydrogens (tertiary/aromatic N) is 2. The minimum Gasteiger partial charge on any atom is -0.356 e. The predicted molar refractivity (Wildman–Crippen MR) is 112 cm³/mol. The van der Waals surface area contributed by atoms with Crippen LogP contribution in [0.1, 0.15) is 46.5 Å². The van der Waals surface area contributed by atoms with Crippen LogP contribution in [0.25, 0.3) is 0 Å². The van der Waals surface area contributed by atoms with Gasteiger partial charge in [0, 0.05) is 45.2 Å². The largest absolute Gasteiger partial charge is 0.356 e. The molecule has 1 unspecified atom stereocenters. The molecule has 0 aliphatic carbocycles. The first-order chi connectivity index (χ1) is 11.0. The van der Waals surface area contributed by atoms with Crippen molar-refractivity contribution in [2.75, 3.05) is 39.8 Å². The Morgan fingerprint density at radius 1 is 1.17 bits per heavy atom. The standard InChI is InChI=1S/C17H35N5O.HI/c1-14(2)16(23)19-10-11-21-17(18-4)20-9-7-13-22-12-6-5-8-15(22)3;/h14-15H,5-13H2,1-4H3,(H,19,23)(H2,18,20,21);1H. The minimum atomic E-state index is 0. The molecule has 1 heterocycles. The van der Waals surface area contributed by atoms with Gasteiger partial charge in [0.2, 0.25) is 5.91 Å². The zero-order valence-electron chi connectivity index (χ0n) is 15.7. The second-order valence-corrected chi connectivity index (χ2v) is 6.61. The van der Waals surface area contributed by atoms with Gasteiger partial charge in [-0.25, -0.2) is 0 Å². The molecule has 142 valence electrons. The number of piperidine rings is 1. The summed E-state index contributed by atoms with van der Waals surface area (Å²) in [5.41, 5.74) is 0. The van der Waals surface area contributed by atoms with E-state index >= 15 is 0 Å². The number of rotatable bonds is 8. The third-order valence-electron chi connectivity index (χ3n) is 4.32. The monoisotopic (exact) mass is 453 g/mol. The normalized spacial score (nSPS) is 18.9. The molecule has 1 aliphatic heterocycles. The van der Waals surface area contributed by atoms with Crippen LogP contribution in [0.4, 0.5) is 0 Å². The van der Waals surface area contributed by atoms with Crippen LogP contribution in [-0.4, -0.2) is 62.6 Å². The maximum Gasteiger partial charge on any atom is 0.222 e. The first-order valence-corrected chi connectivity index (χ1v) is 9.01. The average Bonchev–Trinajstić information content (AvgIpc) is 2.54. The first-order valence-electron chi connectivity index (χ1n) is 9.01. The Morgan fingerprint density at radius 2 is 1.83 bits per heavy atom. The van der Waals surface area contributed by atoms with Crippen molar-refractivity contribution in [3.63, 3.8) is 0 Å². The molecule has 0 radical (unpaired) electrons. The number of carbonyl (C=O) groups is 1. The van der Waals surface area contributed by atoms with Crippen LogP contribution >= 0.6 is 24.0 Å². The van der Waals surface area contributed by atoms with Crippen molar-refractivity contribution in [1.29, 1.82) is 0 Å². The number of amides is 1. The van der Waals surface area contributed by atoms with E-state index < -0.39 is 0 Å². The smallest absolute Gasteiger partial charge is 0.222 e. The molecule has 1 amide bonds. The van der Waals surface area contributed by atoms with Gasteiger partial charge in [0.25, 0.3) is 0 Å². The van der Waals surface area contributed by atoms with E-state index in [0.717, 1.165) is 31.5 Å². The molecule has 0 bridgehead atoms. The average molecular weight is 453 g/mol. The van der Waals surface area contributed by atoms with Crippen LogP contribution in [0, 0.1) is 5.92 Å². The number of hydrogen-bond donors (Lipinski definition) is 3. The van der Waals surface area contributed by atoms with E-state index in [1.807, 2.05) is 13.8 Å². The lowest BCUT2D eigenvalue weighted by molar-refractivity contribution is -0.123. The number of likely N-dealkylation sites (tertiary alicyclic amines) is 1. The fourth-order valence-corrected chi connectivity index (χ4v) is 2.77. The zero-order chi connectivity index (χ0) is 17.1. The third kappa shape index (κ3) is 9.66. The van der Waals surface area contributed by atoms with E-state index in [1.54, 1.807) is 7.05 Å². The van der Waals surface area contributed by atoms with Gasteiger partial charge in [0.1, 0.15) is 0 Å². The molecule has 1 atom stereocenters. The van der Waals surface area contributed by atoms with Crippen molar-refractivity contribution in [2.24, 2.45) is 10.9 Å². The number of carbonyl (C=O) groups excluding carboxylic acids is 1. The molecule has 1 aliphatic rings. The minimum absolute atomic E-state index is 0. The van der Waals surface area contributed by atoms with E-state index in [9.17, 15) is 4.79 Å². The highest BCUT2D eigenvalue weighted by molar-refractivity contribution is 14.0. The summed E-state index contributed by atoms with van der Waals surface area (Å²) in [4.78, 5) is 18.2. The Bertz CT molecular complexity index is 376. The Morgan fingerprint density at radius 3 is 2.46 bits per heavy atom.